The van der Waals surface area contributed by atoms with Gasteiger partial charge in [0.2, 0.25) is 5.91 Å². The summed E-state index contributed by atoms with van der Waals surface area (Å²) in [5, 5.41) is 0. The van der Waals surface area contributed by atoms with Gasteiger partial charge in [0.25, 0.3) is 0 Å². The maximum atomic E-state index is 13.2. The average Bonchev–Trinajstić information content (AvgIpc) is 3.45. The third-order valence-corrected chi connectivity index (χ3v) is 7.61. The minimum absolute atomic E-state index is 0.0549. The van der Waals surface area contributed by atoms with Crippen LogP contribution in [0.25, 0.3) is 0 Å². The van der Waals surface area contributed by atoms with Crippen LogP contribution in [0.1, 0.15) is 62.6 Å². The van der Waals surface area contributed by atoms with E-state index in [-0.39, 0.29) is 16.9 Å². The molecule has 132 valence electrons. The third-order valence-electron chi connectivity index (χ3n) is 7.61. The van der Waals surface area contributed by atoms with E-state index in [1.807, 2.05) is 0 Å². The maximum Gasteiger partial charge on any atom is 0.229 e. The van der Waals surface area contributed by atoms with Gasteiger partial charge < -0.3 is 14.4 Å². The van der Waals surface area contributed by atoms with E-state index >= 15 is 0 Å². The maximum absolute atomic E-state index is 13.2. The lowest BCUT2D eigenvalue weighted by Gasteiger charge is -2.47. The van der Waals surface area contributed by atoms with E-state index in [2.05, 4.69) is 24.0 Å². The molecule has 1 aromatic rings. The van der Waals surface area contributed by atoms with Crippen LogP contribution >= 0.6 is 0 Å². The summed E-state index contributed by atoms with van der Waals surface area (Å²) in [5.74, 6) is 2.88. The van der Waals surface area contributed by atoms with E-state index in [0.29, 0.717) is 25.0 Å². The summed E-state index contributed by atoms with van der Waals surface area (Å²) < 4.78 is 11.7. The minimum atomic E-state index is 0.0549. The van der Waals surface area contributed by atoms with E-state index < -0.39 is 0 Å². The van der Waals surface area contributed by atoms with Crippen molar-refractivity contribution in [1.82, 2.24) is 4.90 Å². The predicted molar refractivity (Wildman–Crippen MR) is 92.9 cm³/mol. The molecule has 0 aromatic heterocycles. The quantitative estimate of drug-likeness (QED) is 0.785. The molecule has 4 nitrogen and oxygen atoms in total. The van der Waals surface area contributed by atoms with Crippen molar-refractivity contribution in [3.8, 4) is 11.5 Å². The predicted octanol–water partition coefficient (Wildman–Crippen LogP) is 3.58. The van der Waals surface area contributed by atoms with Gasteiger partial charge in [-0.1, -0.05) is 12.8 Å². The van der Waals surface area contributed by atoms with Crippen LogP contribution in [0.5, 0.6) is 11.5 Å². The molecule has 4 heteroatoms. The van der Waals surface area contributed by atoms with Gasteiger partial charge in [0, 0.05) is 12.0 Å². The highest BCUT2D eigenvalue weighted by Gasteiger charge is 2.75. The fourth-order valence-electron chi connectivity index (χ4n) is 5.69. The summed E-state index contributed by atoms with van der Waals surface area (Å²) in [4.78, 5) is 15.5. The fraction of sp³-hybridized carbons (Fsp3) is 0.667. The first-order valence-electron chi connectivity index (χ1n) is 9.88. The molecule has 1 atom stereocenters. The summed E-state index contributed by atoms with van der Waals surface area (Å²) >= 11 is 0. The smallest absolute Gasteiger partial charge is 0.229 e. The highest BCUT2D eigenvalue weighted by molar-refractivity contribution is 5.90. The van der Waals surface area contributed by atoms with Gasteiger partial charge in [-0.2, -0.15) is 0 Å². The number of hydrogen-bond donors (Lipinski definition) is 0. The highest BCUT2D eigenvalue weighted by atomic mass is 16.6. The largest absolute Gasteiger partial charge is 0.486 e. The van der Waals surface area contributed by atoms with Crippen LogP contribution in [0.4, 0.5) is 0 Å². The zero-order valence-electron chi connectivity index (χ0n) is 14.8. The molecule has 1 spiro atoms. The summed E-state index contributed by atoms with van der Waals surface area (Å²) in [5.41, 5.74) is 2.90. The molecule has 3 saturated carbocycles. The van der Waals surface area contributed by atoms with Crippen LogP contribution in [-0.2, 0) is 10.2 Å². The van der Waals surface area contributed by atoms with E-state index in [9.17, 15) is 4.79 Å². The molecule has 0 radical (unpaired) electrons. The molecule has 2 heterocycles. The lowest BCUT2D eigenvalue weighted by Crippen LogP contribution is -2.50. The number of carbonyl (C=O) groups is 1. The Labute approximate surface area is 148 Å². The third kappa shape index (κ3) is 1.81. The Bertz CT molecular complexity index is 774. The topological polar surface area (TPSA) is 38.8 Å². The molecule has 5 aliphatic rings. The van der Waals surface area contributed by atoms with Crippen molar-refractivity contribution in [2.24, 2.45) is 11.3 Å². The number of rotatable bonds is 1. The number of ether oxygens (including phenoxy) is 2. The molecule has 3 fully saturated rings. The summed E-state index contributed by atoms with van der Waals surface area (Å²) in [6, 6.07) is 4.55. The first-order valence-corrected chi connectivity index (χ1v) is 9.88. The first-order chi connectivity index (χ1) is 12.1. The SMILES string of the molecule is CC1c2cc3c(cc2C2(CCCC2)CN1C(=O)C12CC1C2)OCCO3. The van der Waals surface area contributed by atoms with Crippen LogP contribution in [0.2, 0.25) is 0 Å². The fourth-order valence-corrected chi connectivity index (χ4v) is 5.69. The van der Waals surface area contributed by atoms with Crippen LogP contribution in [0, 0.1) is 11.3 Å². The monoisotopic (exact) mass is 339 g/mol. The van der Waals surface area contributed by atoms with Crippen LogP contribution in [0.15, 0.2) is 12.1 Å². The Morgan fingerprint density at radius 3 is 2.40 bits per heavy atom. The number of hydrogen-bond acceptors (Lipinski definition) is 3. The van der Waals surface area contributed by atoms with Gasteiger partial charge in [-0.3, -0.25) is 4.79 Å². The van der Waals surface area contributed by atoms with Gasteiger partial charge in [0.15, 0.2) is 11.5 Å². The molecule has 0 bridgehead atoms. The standard InChI is InChI=1S/C21H25NO3/c1-13-15-8-17-18(25-7-6-24-17)9-16(15)20(4-2-3-5-20)12-22(13)19(23)21-10-14(21)11-21/h8-9,13-14H,2-7,10-12H2,1H3. The molecule has 1 aromatic carbocycles. The molecule has 0 saturated heterocycles. The molecule has 1 unspecified atom stereocenters. The Kier molecular flexibility index (Phi) is 2.61. The molecular formula is C21H25NO3. The first kappa shape index (κ1) is 14.5. The van der Waals surface area contributed by atoms with Crippen molar-refractivity contribution in [3.05, 3.63) is 23.3 Å². The van der Waals surface area contributed by atoms with Crippen LogP contribution < -0.4 is 9.47 Å². The van der Waals surface area contributed by atoms with Crippen molar-refractivity contribution in [2.75, 3.05) is 19.8 Å². The Hall–Kier alpha value is -1.71. The van der Waals surface area contributed by atoms with Gasteiger partial charge in [0.1, 0.15) is 13.2 Å². The Balaban J connectivity index is 1.47. The van der Waals surface area contributed by atoms with Crippen molar-refractivity contribution in [2.45, 2.75) is 56.9 Å². The van der Waals surface area contributed by atoms with Crippen molar-refractivity contribution < 1.29 is 14.3 Å². The number of fused-ring (bicyclic) bond motifs is 4. The zero-order valence-corrected chi connectivity index (χ0v) is 14.8. The molecular weight excluding hydrogens is 314 g/mol. The van der Waals surface area contributed by atoms with E-state index in [1.165, 1.54) is 36.8 Å². The van der Waals surface area contributed by atoms with Gasteiger partial charge in [0.05, 0.1) is 11.5 Å². The van der Waals surface area contributed by atoms with Gasteiger partial charge in [-0.05, 0) is 61.8 Å². The van der Waals surface area contributed by atoms with E-state index in [0.717, 1.165) is 30.9 Å². The lowest BCUT2D eigenvalue weighted by atomic mass is 9.71. The van der Waals surface area contributed by atoms with Crippen LogP contribution in [-0.4, -0.2) is 30.6 Å². The number of benzene rings is 1. The molecule has 2 aliphatic heterocycles. The average molecular weight is 339 g/mol. The van der Waals surface area contributed by atoms with E-state index in [1.54, 1.807) is 0 Å². The van der Waals surface area contributed by atoms with Gasteiger partial charge >= 0.3 is 0 Å². The van der Waals surface area contributed by atoms with Crippen molar-refractivity contribution >= 4 is 5.91 Å². The lowest BCUT2D eigenvalue weighted by molar-refractivity contribution is -0.138. The molecule has 0 N–H and O–H groups in total. The molecule has 1 amide bonds. The summed E-state index contributed by atoms with van der Waals surface area (Å²) in [6.07, 6.45) is 7.17. The number of carbonyl (C=O) groups excluding carboxylic acids is 1. The number of amides is 1. The van der Waals surface area contributed by atoms with Gasteiger partial charge in [-0.25, -0.2) is 0 Å². The zero-order chi connectivity index (χ0) is 16.8. The Morgan fingerprint density at radius 2 is 1.76 bits per heavy atom. The number of nitrogens with zero attached hydrogens (tertiary/aromatic N) is 1. The molecule has 25 heavy (non-hydrogen) atoms. The minimum Gasteiger partial charge on any atom is -0.486 e. The molecule has 6 rings (SSSR count). The summed E-state index contributed by atoms with van der Waals surface area (Å²) in [6.45, 7) is 4.33. The summed E-state index contributed by atoms with van der Waals surface area (Å²) in [7, 11) is 0. The van der Waals surface area contributed by atoms with Crippen LogP contribution in [0.3, 0.4) is 0 Å². The van der Waals surface area contributed by atoms with Crippen molar-refractivity contribution in [3.63, 3.8) is 0 Å². The molecule has 3 aliphatic carbocycles. The van der Waals surface area contributed by atoms with E-state index in [4.69, 9.17) is 9.47 Å². The Morgan fingerprint density at radius 1 is 1.12 bits per heavy atom. The normalized spacial score (nSPS) is 36.0. The second-order valence-corrected chi connectivity index (χ2v) is 8.94. The van der Waals surface area contributed by atoms with Gasteiger partial charge in [-0.15, -0.1) is 0 Å². The van der Waals surface area contributed by atoms with Crippen molar-refractivity contribution in [1.29, 1.82) is 0 Å². The highest BCUT2D eigenvalue weighted by Crippen LogP contribution is 2.76. The second kappa shape index (κ2) is 4.52. The second-order valence-electron chi connectivity index (χ2n) is 8.94.